The van der Waals surface area contributed by atoms with E-state index < -0.39 is 0 Å². The molecule has 1 aromatic carbocycles. The summed E-state index contributed by atoms with van der Waals surface area (Å²) >= 11 is 1.81. The Morgan fingerprint density at radius 1 is 1.04 bits per heavy atom. The average Bonchev–Trinajstić information content (AvgIpc) is 3.12. The highest BCUT2D eigenvalue weighted by Gasteiger charge is 2.35. The van der Waals surface area contributed by atoms with Crippen LogP contribution in [0, 0.1) is 0 Å². The monoisotopic (exact) mass is 343 g/mol. The molecule has 0 aliphatic carbocycles. The molecule has 1 aliphatic rings. The number of benzene rings is 1. The first-order valence-corrected chi connectivity index (χ1v) is 9.85. The number of nitrogens with zero attached hydrogens (tertiary/aromatic N) is 1. The zero-order chi connectivity index (χ0) is 16.6. The molecule has 0 radical (unpaired) electrons. The molecule has 0 N–H and O–H groups in total. The van der Waals surface area contributed by atoms with Crippen molar-refractivity contribution in [1.29, 1.82) is 0 Å². The van der Waals surface area contributed by atoms with Gasteiger partial charge in [0.1, 0.15) is 5.76 Å². The van der Waals surface area contributed by atoms with E-state index in [0.717, 1.165) is 30.9 Å². The molecule has 3 rings (SSSR count). The van der Waals surface area contributed by atoms with Gasteiger partial charge in [-0.1, -0.05) is 43.2 Å². The molecule has 2 aromatic rings. The molecule has 128 valence electrons. The molecular weight excluding hydrogens is 318 g/mol. The van der Waals surface area contributed by atoms with Crippen molar-refractivity contribution in [3.63, 3.8) is 0 Å². The molecule has 0 bridgehead atoms. The molecule has 4 heteroatoms. The van der Waals surface area contributed by atoms with E-state index in [-0.39, 0.29) is 0 Å². The van der Waals surface area contributed by atoms with Gasteiger partial charge in [-0.2, -0.15) is 0 Å². The number of carbonyl (C=O) groups is 1. The zero-order valence-corrected chi connectivity index (χ0v) is 14.8. The van der Waals surface area contributed by atoms with Gasteiger partial charge in [0.25, 0.3) is 0 Å². The Hall–Kier alpha value is -1.68. The Morgan fingerprint density at radius 3 is 2.62 bits per heavy atom. The predicted octanol–water partition coefficient (Wildman–Crippen LogP) is 4.87. The van der Waals surface area contributed by atoms with Gasteiger partial charge < -0.3 is 9.32 Å². The second-order valence-corrected chi connectivity index (χ2v) is 7.45. The maximum atomic E-state index is 11.8. The van der Waals surface area contributed by atoms with Crippen molar-refractivity contribution in [2.24, 2.45) is 0 Å². The Morgan fingerprint density at radius 2 is 1.88 bits per heavy atom. The number of likely N-dealkylation sites (tertiary alicyclic amines) is 1. The van der Waals surface area contributed by atoms with E-state index in [1.807, 2.05) is 28.8 Å². The van der Waals surface area contributed by atoms with Crippen LogP contribution in [0.1, 0.15) is 43.4 Å². The minimum absolute atomic E-state index is 0.302. The number of hydrogen-bond acceptors (Lipinski definition) is 3. The minimum atomic E-state index is 0.302. The van der Waals surface area contributed by atoms with E-state index in [4.69, 9.17) is 4.42 Å². The van der Waals surface area contributed by atoms with Crippen LogP contribution in [0.25, 0.3) is 0 Å². The van der Waals surface area contributed by atoms with Gasteiger partial charge in [-0.05, 0) is 37.0 Å². The van der Waals surface area contributed by atoms with Gasteiger partial charge >= 0.3 is 0 Å². The summed E-state index contributed by atoms with van der Waals surface area (Å²) in [7, 11) is 0. The summed E-state index contributed by atoms with van der Waals surface area (Å²) in [4.78, 5) is 13.8. The lowest BCUT2D eigenvalue weighted by molar-refractivity contribution is -0.141. The zero-order valence-electron chi connectivity index (χ0n) is 14.0. The van der Waals surface area contributed by atoms with Crippen LogP contribution >= 0.6 is 11.8 Å². The van der Waals surface area contributed by atoms with E-state index in [9.17, 15) is 4.79 Å². The first-order valence-electron chi connectivity index (χ1n) is 8.80. The summed E-state index contributed by atoms with van der Waals surface area (Å²) in [6, 6.07) is 14.6. The summed E-state index contributed by atoms with van der Waals surface area (Å²) in [6.07, 6.45) is 8.32. The molecule has 0 saturated carbocycles. The van der Waals surface area contributed by atoms with Crippen LogP contribution in [0.2, 0.25) is 0 Å². The number of hydrogen-bond donors (Lipinski definition) is 0. The highest BCUT2D eigenvalue weighted by molar-refractivity contribution is 7.99. The Balaban J connectivity index is 1.27. The molecule has 1 fully saturated rings. The van der Waals surface area contributed by atoms with Gasteiger partial charge in [0, 0.05) is 6.54 Å². The van der Waals surface area contributed by atoms with Crippen LogP contribution in [-0.4, -0.2) is 22.7 Å². The Labute approximate surface area is 148 Å². The van der Waals surface area contributed by atoms with Gasteiger partial charge in [0.15, 0.2) is 0 Å². The molecule has 3 nitrogen and oxygen atoms in total. The van der Waals surface area contributed by atoms with E-state index in [2.05, 4.69) is 30.3 Å². The molecule has 1 atom stereocenters. The highest BCUT2D eigenvalue weighted by Crippen LogP contribution is 2.32. The van der Waals surface area contributed by atoms with Crippen LogP contribution in [0.4, 0.5) is 0 Å². The fraction of sp³-hybridized carbons (Fsp3) is 0.450. The Bertz CT molecular complexity index is 612. The van der Waals surface area contributed by atoms with Gasteiger partial charge in [0.2, 0.25) is 5.91 Å². The lowest BCUT2D eigenvalue weighted by Gasteiger charge is -2.40. The second kappa shape index (κ2) is 8.97. The van der Waals surface area contributed by atoms with Crippen molar-refractivity contribution in [1.82, 2.24) is 4.90 Å². The van der Waals surface area contributed by atoms with Crippen molar-refractivity contribution in [3.8, 4) is 0 Å². The minimum Gasteiger partial charge on any atom is -0.468 e. The van der Waals surface area contributed by atoms with Crippen molar-refractivity contribution >= 4 is 17.7 Å². The number of β-lactam (4-membered cyclic amide) rings is 1. The highest BCUT2D eigenvalue weighted by atomic mass is 32.2. The van der Waals surface area contributed by atoms with Crippen LogP contribution in [0.3, 0.4) is 0 Å². The van der Waals surface area contributed by atoms with Gasteiger partial charge in [0.05, 0.1) is 23.8 Å². The summed E-state index contributed by atoms with van der Waals surface area (Å²) in [5, 5.41) is 0.340. The van der Waals surface area contributed by atoms with Gasteiger partial charge in [-0.3, -0.25) is 4.79 Å². The topological polar surface area (TPSA) is 33.5 Å². The number of amides is 1. The maximum absolute atomic E-state index is 11.8. The molecule has 0 spiro atoms. The third-order valence-corrected chi connectivity index (χ3v) is 5.73. The quantitative estimate of drug-likeness (QED) is 0.456. The first kappa shape index (κ1) is 17.2. The van der Waals surface area contributed by atoms with Crippen molar-refractivity contribution in [2.45, 2.75) is 49.7 Å². The van der Waals surface area contributed by atoms with Crippen molar-refractivity contribution in [3.05, 3.63) is 60.1 Å². The molecule has 1 unspecified atom stereocenters. The van der Waals surface area contributed by atoms with Gasteiger partial charge in [-0.15, -0.1) is 11.8 Å². The van der Waals surface area contributed by atoms with Gasteiger partial charge in [-0.25, -0.2) is 0 Å². The fourth-order valence-corrected chi connectivity index (χ4v) is 4.21. The summed E-state index contributed by atoms with van der Waals surface area (Å²) in [6.45, 7) is 0.903. The number of carbonyl (C=O) groups excluding carboxylic acids is 1. The summed E-state index contributed by atoms with van der Waals surface area (Å²) in [5.74, 6) is 2.13. The lowest BCUT2D eigenvalue weighted by atomic mass is 10.1. The van der Waals surface area contributed by atoms with E-state index in [0.29, 0.717) is 17.7 Å². The summed E-state index contributed by atoms with van der Waals surface area (Å²) < 4.78 is 5.35. The largest absolute Gasteiger partial charge is 0.468 e. The normalized spacial score (nSPS) is 17.1. The van der Waals surface area contributed by atoms with E-state index in [1.54, 1.807) is 6.26 Å². The third-order valence-electron chi connectivity index (χ3n) is 4.47. The molecule has 1 amide bonds. The van der Waals surface area contributed by atoms with E-state index in [1.165, 1.54) is 24.8 Å². The molecule has 1 aliphatic heterocycles. The summed E-state index contributed by atoms with van der Waals surface area (Å²) in [5.41, 5.74) is 1.42. The SMILES string of the molecule is O=C1CC(SCc2ccco2)N1CCCCCCc1ccccc1. The molecular formula is C20H25NO2S. The number of unbranched alkanes of at least 4 members (excludes halogenated alkanes) is 3. The molecule has 1 saturated heterocycles. The van der Waals surface area contributed by atoms with Crippen LogP contribution in [0.5, 0.6) is 0 Å². The van der Waals surface area contributed by atoms with Crippen LogP contribution in [0.15, 0.2) is 53.1 Å². The molecule has 24 heavy (non-hydrogen) atoms. The van der Waals surface area contributed by atoms with Crippen LogP contribution < -0.4 is 0 Å². The average molecular weight is 343 g/mol. The molecule has 2 heterocycles. The second-order valence-electron chi connectivity index (χ2n) is 6.29. The van der Waals surface area contributed by atoms with Crippen molar-refractivity contribution in [2.75, 3.05) is 6.54 Å². The number of rotatable bonds is 10. The standard InChI is InChI=1S/C20H25NO2S/c22-19-15-20(24-16-18-12-8-14-23-18)21(19)13-7-2-1-4-9-17-10-5-3-6-11-17/h3,5-6,8,10-12,14,20H,1-2,4,7,9,13,15-16H2. The smallest absolute Gasteiger partial charge is 0.226 e. The third kappa shape index (κ3) is 4.91. The predicted molar refractivity (Wildman–Crippen MR) is 98.7 cm³/mol. The maximum Gasteiger partial charge on any atom is 0.226 e. The Kier molecular flexibility index (Phi) is 6.41. The number of aryl methyl sites for hydroxylation is 1. The van der Waals surface area contributed by atoms with Crippen molar-refractivity contribution < 1.29 is 9.21 Å². The molecule has 1 aromatic heterocycles. The fourth-order valence-electron chi connectivity index (χ4n) is 3.03. The number of furan rings is 1. The number of thioether (sulfide) groups is 1. The van der Waals surface area contributed by atoms with Crippen LogP contribution in [-0.2, 0) is 17.0 Å². The first-order chi connectivity index (χ1) is 11.8. The lowest BCUT2D eigenvalue weighted by Crippen LogP contribution is -2.51. The van der Waals surface area contributed by atoms with E-state index >= 15 is 0 Å².